The van der Waals surface area contributed by atoms with E-state index < -0.39 is 14.2 Å². The van der Waals surface area contributed by atoms with E-state index in [1.807, 2.05) is 0 Å². The summed E-state index contributed by atoms with van der Waals surface area (Å²) in [6.07, 6.45) is -4.72. The second kappa shape index (κ2) is 5.49. The maximum Gasteiger partial charge on any atom is 0.573 e. The van der Waals surface area contributed by atoms with Gasteiger partial charge >= 0.3 is 6.36 Å². The van der Waals surface area contributed by atoms with Gasteiger partial charge in [-0.1, -0.05) is 30.3 Å². The Balaban J connectivity index is 2.17. The minimum atomic E-state index is -4.72. The first-order valence-corrected chi connectivity index (χ1v) is 6.82. The molecule has 0 N–H and O–H groups in total. The molecule has 2 aromatic carbocycles. The Labute approximate surface area is 108 Å². The standard InChI is InChI=1S/C13H10F3O2P/c14-13(15,16)18-10-6-8-12(9-7-10)19(17)11-4-2-1-3-5-11/h1-9,19H. The number of benzene rings is 2. The lowest BCUT2D eigenvalue weighted by molar-refractivity contribution is -0.274. The molecule has 6 heteroatoms. The lowest BCUT2D eigenvalue weighted by Crippen LogP contribution is -2.17. The highest BCUT2D eigenvalue weighted by Gasteiger charge is 2.31. The van der Waals surface area contributed by atoms with E-state index in [0.717, 1.165) is 12.1 Å². The zero-order valence-electron chi connectivity index (χ0n) is 9.65. The average Bonchev–Trinajstić information content (AvgIpc) is 2.38. The highest BCUT2D eigenvalue weighted by Crippen LogP contribution is 2.24. The molecule has 0 saturated heterocycles. The predicted molar refractivity (Wildman–Crippen MR) is 67.8 cm³/mol. The fraction of sp³-hybridized carbons (Fsp3) is 0.0769. The Morgan fingerprint density at radius 2 is 1.37 bits per heavy atom. The molecule has 0 aliphatic heterocycles. The van der Waals surface area contributed by atoms with E-state index in [2.05, 4.69) is 4.74 Å². The topological polar surface area (TPSA) is 26.3 Å². The van der Waals surface area contributed by atoms with Crippen molar-refractivity contribution < 1.29 is 22.5 Å². The van der Waals surface area contributed by atoms with Crippen LogP contribution >= 0.6 is 7.80 Å². The van der Waals surface area contributed by atoms with Crippen LogP contribution in [0.15, 0.2) is 54.6 Å². The van der Waals surface area contributed by atoms with Gasteiger partial charge in [0.1, 0.15) is 13.6 Å². The summed E-state index contributed by atoms with van der Waals surface area (Å²) >= 11 is 0. The smallest absolute Gasteiger partial charge is 0.406 e. The lowest BCUT2D eigenvalue weighted by atomic mass is 10.3. The highest BCUT2D eigenvalue weighted by atomic mass is 31.1. The molecule has 0 aliphatic carbocycles. The molecule has 0 fully saturated rings. The molecule has 1 atom stereocenters. The van der Waals surface area contributed by atoms with E-state index in [9.17, 15) is 17.7 Å². The third-order valence-corrected chi connectivity index (χ3v) is 4.10. The van der Waals surface area contributed by atoms with Gasteiger partial charge in [-0.3, -0.25) is 0 Å². The van der Waals surface area contributed by atoms with Crippen molar-refractivity contribution in [2.45, 2.75) is 6.36 Å². The average molecular weight is 286 g/mol. The van der Waals surface area contributed by atoms with Crippen LogP contribution in [0.25, 0.3) is 0 Å². The maximum absolute atomic E-state index is 12.2. The summed E-state index contributed by atoms with van der Waals surface area (Å²) in [6.45, 7) is 0. The molecule has 0 bridgehead atoms. The van der Waals surface area contributed by atoms with E-state index in [1.54, 1.807) is 30.3 Å². The van der Waals surface area contributed by atoms with Gasteiger partial charge in [-0.2, -0.15) is 0 Å². The van der Waals surface area contributed by atoms with Gasteiger partial charge in [-0.05, 0) is 24.3 Å². The first-order valence-electron chi connectivity index (χ1n) is 5.41. The monoisotopic (exact) mass is 286 g/mol. The summed E-state index contributed by atoms with van der Waals surface area (Å²) in [7, 11) is -2.19. The number of rotatable bonds is 3. The zero-order valence-corrected chi connectivity index (χ0v) is 10.6. The number of hydrogen-bond donors (Lipinski definition) is 0. The van der Waals surface area contributed by atoms with E-state index in [4.69, 9.17) is 0 Å². The van der Waals surface area contributed by atoms with Crippen molar-refractivity contribution in [1.29, 1.82) is 0 Å². The van der Waals surface area contributed by atoms with Crippen molar-refractivity contribution in [2.24, 2.45) is 0 Å². The largest absolute Gasteiger partial charge is 0.573 e. The number of hydrogen-bond acceptors (Lipinski definition) is 2. The fourth-order valence-electron chi connectivity index (χ4n) is 1.56. The second-order valence-electron chi connectivity index (χ2n) is 3.77. The molecule has 19 heavy (non-hydrogen) atoms. The third kappa shape index (κ3) is 3.86. The lowest BCUT2D eigenvalue weighted by Gasteiger charge is -2.09. The van der Waals surface area contributed by atoms with Gasteiger partial charge in [0, 0.05) is 10.6 Å². The Bertz CT molecular complexity index is 565. The molecule has 0 spiro atoms. The molecular weight excluding hydrogens is 276 g/mol. The van der Waals surface area contributed by atoms with Crippen LogP contribution in [0.2, 0.25) is 0 Å². The SMILES string of the molecule is O=[PH](c1ccccc1)c1ccc(OC(F)(F)F)cc1. The Morgan fingerprint density at radius 3 is 1.89 bits per heavy atom. The molecule has 0 aliphatic rings. The van der Waals surface area contributed by atoms with E-state index >= 15 is 0 Å². The maximum atomic E-state index is 12.2. The van der Waals surface area contributed by atoms with E-state index in [0.29, 0.717) is 10.6 Å². The summed E-state index contributed by atoms with van der Waals surface area (Å²) in [5, 5.41) is 1.16. The van der Waals surface area contributed by atoms with Gasteiger partial charge in [0.2, 0.25) is 0 Å². The molecule has 2 nitrogen and oxygen atoms in total. The van der Waals surface area contributed by atoms with E-state index in [-0.39, 0.29) is 5.75 Å². The van der Waals surface area contributed by atoms with Crippen LogP contribution in [0, 0.1) is 0 Å². The predicted octanol–water partition coefficient (Wildman–Crippen LogP) is 3.10. The van der Waals surface area contributed by atoms with Crippen LogP contribution in [0.4, 0.5) is 13.2 Å². The normalized spacial score (nSPS) is 13.0. The van der Waals surface area contributed by atoms with Crippen LogP contribution in [0.1, 0.15) is 0 Å². The van der Waals surface area contributed by atoms with Crippen LogP contribution in [-0.4, -0.2) is 6.36 Å². The molecule has 1 unspecified atom stereocenters. The zero-order chi connectivity index (χ0) is 13.9. The molecule has 0 radical (unpaired) electrons. The van der Waals surface area contributed by atoms with Crippen LogP contribution < -0.4 is 15.3 Å². The third-order valence-electron chi connectivity index (χ3n) is 2.39. The minimum Gasteiger partial charge on any atom is -0.406 e. The Morgan fingerprint density at radius 1 is 0.842 bits per heavy atom. The number of alkyl halides is 3. The fourth-order valence-corrected chi connectivity index (χ4v) is 2.86. The summed E-state index contributed by atoms with van der Waals surface area (Å²) in [5.41, 5.74) is 0. The highest BCUT2D eigenvalue weighted by molar-refractivity contribution is 7.61. The summed E-state index contributed by atoms with van der Waals surface area (Å²) in [6, 6.07) is 13.9. The molecule has 0 heterocycles. The van der Waals surface area contributed by atoms with Crippen LogP contribution in [0.5, 0.6) is 5.75 Å². The number of halogens is 3. The van der Waals surface area contributed by atoms with Crippen LogP contribution in [-0.2, 0) is 4.57 Å². The van der Waals surface area contributed by atoms with Crippen molar-refractivity contribution >= 4 is 18.4 Å². The summed E-state index contributed by atoms with van der Waals surface area (Å²) < 4.78 is 51.9. The first kappa shape index (κ1) is 13.7. The van der Waals surface area contributed by atoms with Crippen LogP contribution in [0.3, 0.4) is 0 Å². The van der Waals surface area contributed by atoms with Crippen molar-refractivity contribution in [3.05, 3.63) is 54.6 Å². The van der Waals surface area contributed by atoms with Crippen molar-refractivity contribution in [1.82, 2.24) is 0 Å². The molecular formula is C13H10F3O2P. The molecule has 2 rings (SSSR count). The summed E-state index contributed by atoms with van der Waals surface area (Å²) in [5.74, 6) is -0.320. The second-order valence-corrected chi connectivity index (χ2v) is 5.58. The Kier molecular flexibility index (Phi) is 3.96. The van der Waals surface area contributed by atoms with Crippen molar-refractivity contribution in [2.75, 3.05) is 0 Å². The first-order chi connectivity index (χ1) is 8.96. The molecule has 0 aromatic heterocycles. The molecule has 0 amide bonds. The van der Waals surface area contributed by atoms with Crippen molar-refractivity contribution in [3.63, 3.8) is 0 Å². The number of ether oxygens (including phenoxy) is 1. The van der Waals surface area contributed by atoms with Crippen molar-refractivity contribution in [3.8, 4) is 5.75 Å². The van der Waals surface area contributed by atoms with Gasteiger partial charge in [0.15, 0.2) is 0 Å². The quantitative estimate of drug-likeness (QED) is 0.810. The Hall–Kier alpha value is -1.74. The molecule has 2 aromatic rings. The van der Waals surface area contributed by atoms with Gasteiger partial charge in [-0.15, -0.1) is 13.2 Å². The molecule has 0 saturated carbocycles. The van der Waals surface area contributed by atoms with Gasteiger partial charge in [0.25, 0.3) is 0 Å². The van der Waals surface area contributed by atoms with E-state index in [1.165, 1.54) is 12.1 Å². The minimum absolute atomic E-state index is 0.320. The van der Waals surface area contributed by atoms with Gasteiger partial charge < -0.3 is 9.30 Å². The van der Waals surface area contributed by atoms with Gasteiger partial charge in [-0.25, -0.2) is 0 Å². The van der Waals surface area contributed by atoms with Gasteiger partial charge in [0.05, 0.1) is 0 Å². The molecule has 100 valence electrons. The summed E-state index contributed by atoms with van der Waals surface area (Å²) in [4.78, 5) is 0.